The monoisotopic (exact) mass is 229 g/mol. The lowest BCUT2D eigenvalue weighted by Gasteiger charge is -2.30. The van der Waals surface area contributed by atoms with Crippen molar-refractivity contribution in [3.8, 4) is 0 Å². The van der Waals surface area contributed by atoms with Gasteiger partial charge in [0.2, 0.25) is 0 Å². The van der Waals surface area contributed by atoms with Crippen molar-refractivity contribution in [3.63, 3.8) is 0 Å². The van der Waals surface area contributed by atoms with E-state index in [-0.39, 0.29) is 18.2 Å². The van der Waals surface area contributed by atoms with E-state index in [4.69, 9.17) is 4.74 Å². The summed E-state index contributed by atoms with van der Waals surface area (Å²) >= 11 is 0. The average molecular weight is 229 g/mol. The van der Waals surface area contributed by atoms with Crippen LogP contribution in [0.2, 0.25) is 0 Å². The molecule has 0 saturated heterocycles. The highest BCUT2D eigenvalue weighted by molar-refractivity contribution is 4.83. The van der Waals surface area contributed by atoms with Crippen molar-refractivity contribution in [1.82, 2.24) is 5.32 Å². The molecule has 0 aromatic carbocycles. The second kappa shape index (κ2) is 6.58. The van der Waals surface area contributed by atoms with E-state index in [0.717, 1.165) is 18.9 Å². The summed E-state index contributed by atoms with van der Waals surface area (Å²) in [6, 6.07) is 0. The summed E-state index contributed by atoms with van der Waals surface area (Å²) < 4.78 is 5.87. The van der Waals surface area contributed by atoms with E-state index in [1.165, 1.54) is 25.7 Å². The van der Waals surface area contributed by atoms with Crippen LogP contribution in [0.5, 0.6) is 0 Å². The van der Waals surface area contributed by atoms with Gasteiger partial charge in [0.05, 0.1) is 12.7 Å². The van der Waals surface area contributed by atoms with Crippen LogP contribution in [0.4, 0.5) is 0 Å². The summed E-state index contributed by atoms with van der Waals surface area (Å²) in [4.78, 5) is 0. The van der Waals surface area contributed by atoms with Gasteiger partial charge in [0.1, 0.15) is 0 Å². The molecule has 1 saturated carbocycles. The lowest BCUT2D eigenvalue weighted by atomic mass is 9.96. The molecule has 0 aliphatic heterocycles. The second-order valence-corrected chi connectivity index (χ2v) is 5.47. The predicted octanol–water partition coefficient (Wildman–Crippen LogP) is 1.94. The van der Waals surface area contributed by atoms with Crippen LogP contribution in [0.3, 0.4) is 0 Å². The van der Waals surface area contributed by atoms with E-state index in [0.29, 0.717) is 0 Å². The van der Waals surface area contributed by atoms with Crippen molar-refractivity contribution in [2.24, 2.45) is 5.92 Å². The molecule has 1 fully saturated rings. The molecule has 16 heavy (non-hydrogen) atoms. The van der Waals surface area contributed by atoms with E-state index in [1.54, 1.807) is 0 Å². The van der Waals surface area contributed by atoms with Gasteiger partial charge in [-0.05, 0) is 46.1 Å². The van der Waals surface area contributed by atoms with Gasteiger partial charge in [0.25, 0.3) is 0 Å². The third-order valence-electron chi connectivity index (χ3n) is 3.78. The smallest absolute Gasteiger partial charge is 0.0611 e. The van der Waals surface area contributed by atoms with Crippen LogP contribution in [-0.2, 0) is 4.74 Å². The van der Waals surface area contributed by atoms with Crippen molar-refractivity contribution in [2.45, 2.75) is 57.6 Å². The molecule has 1 rings (SSSR count). The van der Waals surface area contributed by atoms with Crippen molar-refractivity contribution in [1.29, 1.82) is 0 Å². The molecule has 2 unspecified atom stereocenters. The molecule has 2 N–H and O–H groups in total. The lowest BCUT2D eigenvalue weighted by Crippen LogP contribution is -2.46. The van der Waals surface area contributed by atoms with Crippen LogP contribution in [0.1, 0.15) is 46.0 Å². The Labute approximate surface area is 99.6 Å². The van der Waals surface area contributed by atoms with Crippen LogP contribution >= 0.6 is 0 Å². The molecule has 2 atom stereocenters. The Morgan fingerprint density at radius 3 is 2.56 bits per heavy atom. The molecule has 0 amide bonds. The quantitative estimate of drug-likeness (QED) is 0.701. The highest BCUT2D eigenvalue weighted by atomic mass is 16.5. The van der Waals surface area contributed by atoms with Gasteiger partial charge in [0.15, 0.2) is 0 Å². The van der Waals surface area contributed by atoms with E-state index < -0.39 is 0 Å². The molecule has 0 aromatic rings. The SMILES string of the molecule is CNC(C)(CO)CC(C)OCC1CCCC1. The molecule has 0 spiro atoms. The van der Waals surface area contributed by atoms with Gasteiger partial charge in [-0.2, -0.15) is 0 Å². The predicted molar refractivity (Wildman–Crippen MR) is 66.5 cm³/mol. The molecule has 0 radical (unpaired) electrons. The van der Waals surface area contributed by atoms with Gasteiger partial charge < -0.3 is 15.2 Å². The summed E-state index contributed by atoms with van der Waals surface area (Å²) in [5.41, 5.74) is -0.213. The summed E-state index contributed by atoms with van der Waals surface area (Å²) in [7, 11) is 1.89. The molecule has 0 heterocycles. The maximum absolute atomic E-state index is 9.30. The molecule has 0 bridgehead atoms. The van der Waals surface area contributed by atoms with E-state index in [9.17, 15) is 5.11 Å². The van der Waals surface area contributed by atoms with Crippen molar-refractivity contribution in [2.75, 3.05) is 20.3 Å². The first-order chi connectivity index (χ1) is 7.59. The first kappa shape index (κ1) is 13.9. The molecule has 3 heteroatoms. The maximum Gasteiger partial charge on any atom is 0.0611 e. The van der Waals surface area contributed by atoms with Crippen molar-refractivity contribution >= 4 is 0 Å². The van der Waals surface area contributed by atoms with Gasteiger partial charge in [-0.25, -0.2) is 0 Å². The van der Waals surface area contributed by atoms with Gasteiger partial charge in [-0.15, -0.1) is 0 Å². The minimum atomic E-state index is -0.213. The Morgan fingerprint density at radius 2 is 2.06 bits per heavy atom. The summed E-state index contributed by atoms with van der Waals surface area (Å²) in [5.74, 6) is 0.775. The Bertz CT molecular complexity index is 186. The molecule has 0 aromatic heterocycles. The number of rotatable bonds is 7. The highest BCUT2D eigenvalue weighted by Crippen LogP contribution is 2.25. The topological polar surface area (TPSA) is 41.5 Å². The zero-order valence-electron chi connectivity index (χ0n) is 11.0. The fourth-order valence-corrected chi connectivity index (χ4v) is 2.42. The number of nitrogens with one attached hydrogen (secondary N) is 1. The van der Waals surface area contributed by atoms with Crippen LogP contribution in [-0.4, -0.2) is 37.0 Å². The number of aliphatic hydroxyl groups is 1. The Kier molecular flexibility index (Phi) is 5.73. The fourth-order valence-electron chi connectivity index (χ4n) is 2.42. The van der Waals surface area contributed by atoms with Gasteiger partial charge in [0, 0.05) is 12.1 Å². The molecule has 96 valence electrons. The first-order valence-electron chi connectivity index (χ1n) is 6.51. The molecule has 3 nitrogen and oxygen atoms in total. The normalized spacial score (nSPS) is 23.2. The lowest BCUT2D eigenvalue weighted by molar-refractivity contribution is 0.0124. The summed E-state index contributed by atoms with van der Waals surface area (Å²) in [6.07, 6.45) is 6.46. The number of hydrogen-bond donors (Lipinski definition) is 2. The number of likely N-dealkylation sites (N-methyl/N-ethyl adjacent to an activating group) is 1. The van der Waals surface area contributed by atoms with Crippen LogP contribution in [0.25, 0.3) is 0 Å². The Balaban J connectivity index is 2.21. The second-order valence-electron chi connectivity index (χ2n) is 5.47. The standard InChI is InChI=1S/C13H27NO2/c1-11(8-13(2,10-15)14-3)16-9-12-6-4-5-7-12/h11-12,14-15H,4-10H2,1-3H3. The average Bonchev–Trinajstić information content (AvgIpc) is 2.79. The van der Waals surface area contributed by atoms with Gasteiger partial charge in [-0.1, -0.05) is 12.8 Å². The minimum Gasteiger partial charge on any atom is -0.394 e. The van der Waals surface area contributed by atoms with E-state index in [1.807, 2.05) is 14.0 Å². The van der Waals surface area contributed by atoms with Crippen LogP contribution < -0.4 is 5.32 Å². The zero-order chi connectivity index (χ0) is 12.0. The van der Waals surface area contributed by atoms with Crippen molar-refractivity contribution < 1.29 is 9.84 Å². The van der Waals surface area contributed by atoms with Gasteiger partial charge >= 0.3 is 0 Å². The van der Waals surface area contributed by atoms with Gasteiger partial charge in [-0.3, -0.25) is 0 Å². The fraction of sp³-hybridized carbons (Fsp3) is 1.00. The zero-order valence-corrected chi connectivity index (χ0v) is 11.0. The highest BCUT2D eigenvalue weighted by Gasteiger charge is 2.25. The third-order valence-corrected chi connectivity index (χ3v) is 3.78. The largest absolute Gasteiger partial charge is 0.394 e. The Morgan fingerprint density at radius 1 is 1.44 bits per heavy atom. The Hall–Kier alpha value is -0.120. The molecular formula is C13H27NO2. The minimum absolute atomic E-state index is 0.153. The van der Waals surface area contributed by atoms with Crippen LogP contribution in [0, 0.1) is 5.92 Å². The molecule has 1 aliphatic carbocycles. The maximum atomic E-state index is 9.30. The molecule has 1 aliphatic rings. The van der Waals surface area contributed by atoms with E-state index >= 15 is 0 Å². The van der Waals surface area contributed by atoms with E-state index in [2.05, 4.69) is 12.2 Å². The summed E-state index contributed by atoms with van der Waals surface area (Å²) in [5, 5.41) is 12.5. The number of aliphatic hydroxyl groups excluding tert-OH is 1. The molecular weight excluding hydrogens is 202 g/mol. The van der Waals surface area contributed by atoms with Crippen molar-refractivity contribution in [3.05, 3.63) is 0 Å². The first-order valence-corrected chi connectivity index (χ1v) is 6.51. The number of ether oxygens (including phenoxy) is 1. The number of hydrogen-bond acceptors (Lipinski definition) is 3. The summed E-state index contributed by atoms with van der Waals surface area (Å²) in [6.45, 7) is 5.18. The third kappa shape index (κ3) is 4.40. The van der Waals surface area contributed by atoms with Crippen LogP contribution in [0.15, 0.2) is 0 Å².